The van der Waals surface area contributed by atoms with Crippen LogP contribution in [0.2, 0.25) is 0 Å². The first-order chi connectivity index (χ1) is 12.4. The Morgan fingerprint density at radius 1 is 1.15 bits per heavy atom. The minimum atomic E-state index is -3.73. The minimum Gasteiger partial charge on any atom is -0.496 e. The highest BCUT2D eigenvalue weighted by atomic mass is 32.2. The number of methoxy groups -OCH3 is 1. The fraction of sp³-hybridized carbons (Fsp3) is 0.278. The molecule has 0 spiro atoms. The maximum absolute atomic E-state index is 12.7. The smallest absolute Gasteiger partial charge is 0.308 e. The molecule has 0 aliphatic carbocycles. The number of hydrogen-bond acceptors (Lipinski definition) is 5. The molecule has 0 atom stereocenters. The van der Waals surface area contributed by atoms with E-state index in [9.17, 15) is 13.2 Å². The van der Waals surface area contributed by atoms with E-state index in [4.69, 9.17) is 4.74 Å². The summed E-state index contributed by atoms with van der Waals surface area (Å²) in [6, 6.07) is 9.91. The normalized spacial score (nSPS) is 11.7. The first-order valence-electron chi connectivity index (χ1n) is 8.22. The highest BCUT2D eigenvalue weighted by Gasteiger charge is 2.17. The number of nitrogens with zero attached hydrogens (tertiary/aromatic N) is 1. The van der Waals surface area contributed by atoms with E-state index in [2.05, 4.69) is 4.72 Å². The number of hydrogen-bond donors (Lipinski definition) is 1. The molecule has 6 nitrogen and oxygen atoms in total. The Bertz CT molecular complexity index is 1110. The predicted octanol–water partition coefficient (Wildman–Crippen LogP) is 3.45. The molecule has 1 N–H and O–H groups in total. The largest absolute Gasteiger partial charge is 0.496 e. The van der Waals surface area contributed by atoms with Crippen molar-refractivity contribution in [2.45, 2.75) is 31.7 Å². The lowest BCUT2D eigenvalue weighted by Crippen LogP contribution is -2.13. The van der Waals surface area contributed by atoms with Gasteiger partial charge in [0, 0.05) is 6.54 Å². The summed E-state index contributed by atoms with van der Waals surface area (Å²) in [5.41, 5.74) is 2.06. The van der Waals surface area contributed by atoms with Gasteiger partial charge in [-0.25, -0.2) is 8.42 Å². The lowest BCUT2D eigenvalue weighted by Gasteiger charge is -2.12. The molecule has 8 heteroatoms. The standard InChI is InChI=1S/C18H20N2O4S2/c1-4-12-10-14(7-9-16(12)24-3)26(22,23)19-13-6-8-15-17(11-13)25-18(21)20(15)5-2/h6-11,19H,4-5H2,1-3H3. The first-order valence-corrected chi connectivity index (χ1v) is 10.5. The zero-order chi connectivity index (χ0) is 18.9. The van der Waals surface area contributed by atoms with Gasteiger partial charge in [-0.05, 0) is 55.3 Å². The van der Waals surface area contributed by atoms with E-state index < -0.39 is 10.0 Å². The molecule has 1 aromatic heterocycles. The van der Waals surface area contributed by atoms with Crippen LogP contribution in [0.1, 0.15) is 19.4 Å². The van der Waals surface area contributed by atoms with Crippen LogP contribution in [-0.4, -0.2) is 20.1 Å². The number of aryl methyl sites for hydroxylation is 2. The number of fused-ring (bicyclic) bond motifs is 1. The average Bonchev–Trinajstić information content (AvgIpc) is 2.94. The van der Waals surface area contributed by atoms with Gasteiger partial charge in [0.25, 0.3) is 10.0 Å². The van der Waals surface area contributed by atoms with Gasteiger partial charge in [-0.2, -0.15) is 0 Å². The Morgan fingerprint density at radius 2 is 1.92 bits per heavy atom. The van der Waals surface area contributed by atoms with Crippen molar-refractivity contribution in [3.05, 3.63) is 51.6 Å². The highest BCUT2D eigenvalue weighted by Crippen LogP contribution is 2.26. The fourth-order valence-corrected chi connectivity index (χ4v) is 4.94. The Kier molecular flexibility index (Phi) is 5.06. The molecule has 26 heavy (non-hydrogen) atoms. The second-order valence-electron chi connectivity index (χ2n) is 5.73. The molecule has 1 heterocycles. The molecular weight excluding hydrogens is 372 g/mol. The molecule has 0 saturated heterocycles. The number of aromatic nitrogens is 1. The van der Waals surface area contributed by atoms with Gasteiger partial charge in [-0.15, -0.1) is 0 Å². The van der Waals surface area contributed by atoms with Gasteiger partial charge in [0.2, 0.25) is 0 Å². The van der Waals surface area contributed by atoms with E-state index in [-0.39, 0.29) is 9.77 Å². The first kappa shape index (κ1) is 18.5. The van der Waals surface area contributed by atoms with Gasteiger partial charge >= 0.3 is 4.87 Å². The fourth-order valence-electron chi connectivity index (χ4n) is 2.84. The number of anilines is 1. The molecule has 0 amide bonds. The van der Waals surface area contributed by atoms with Gasteiger partial charge in [0.1, 0.15) is 5.75 Å². The van der Waals surface area contributed by atoms with E-state index in [0.29, 0.717) is 24.4 Å². The Hall–Kier alpha value is -2.32. The van der Waals surface area contributed by atoms with Gasteiger partial charge < -0.3 is 4.74 Å². The number of benzene rings is 2. The van der Waals surface area contributed by atoms with Crippen molar-refractivity contribution in [2.75, 3.05) is 11.8 Å². The number of rotatable bonds is 6. The summed E-state index contributed by atoms with van der Waals surface area (Å²) in [5, 5.41) is 0. The molecule has 2 aromatic carbocycles. The molecule has 3 rings (SSSR count). The average molecular weight is 393 g/mol. The highest BCUT2D eigenvalue weighted by molar-refractivity contribution is 7.92. The predicted molar refractivity (Wildman–Crippen MR) is 105 cm³/mol. The van der Waals surface area contributed by atoms with Crippen LogP contribution >= 0.6 is 11.3 Å². The van der Waals surface area contributed by atoms with Crippen LogP contribution in [0.25, 0.3) is 10.2 Å². The van der Waals surface area contributed by atoms with Crippen LogP contribution in [0.15, 0.2) is 46.1 Å². The van der Waals surface area contributed by atoms with Crippen LogP contribution in [0.3, 0.4) is 0 Å². The summed E-state index contributed by atoms with van der Waals surface area (Å²) in [5.74, 6) is 0.665. The Labute approximate surface area is 156 Å². The molecule has 3 aromatic rings. The van der Waals surface area contributed by atoms with Crippen LogP contribution in [0.5, 0.6) is 5.75 Å². The lowest BCUT2D eigenvalue weighted by molar-refractivity contribution is 0.409. The van der Waals surface area contributed by atoms with Crippen molar-refractivity contribution < 1.29 is 13.2 Å². The monoisotopic (exact) mass is 392 g/mol. The maximum Gasteiger partial charge on any atom is 0.308 e. The molecular formula is C18H20N2O4S2. The summed E-state index contributed by atoms with van der Waals surface area (Å²) in [4.78, 5) is 12.1. The zero-order valence-electron chi connectivity index (χ0n) is 14.8. The molecule has 0 radical (unpaired) electrons. The van der Waals surface area contributed by atoms with E-state index in [0.717, 1.165) is 27.1 Å². The third-order valence-electron chi connectivity index (χ3n) is 4.18. The molecule has 0 fully saturated rings. The SMILES string of the molecule is CCc1cc(S(=O)(=O)Nc2ccc3c(c2)sc(=O)n3CC)ccc1OC. The molecule has 0 unspecified atom stereocenters. The van der Waals surface area contributed by atoms with E-state index >= 15 is 0 Å². The third-order valence-corrected chi connectivity index (χ3v) is 6.50. The summed E-state index contributed by atoms with van der Waals surface area (Å²) >= 11 is 1.11. The van der Waals surface area contributed by atoms with Gasteiger partial charge in [0.15, 0.2) is 0 Å². The number of nitrogens with one attached hydrogen (secondary N) is 1. The second kappa shape index (κ2) is 7.13. The lowest BCUT2D eigenvalue weighted by atomic mass is 10.1. The Balaban J connectivity index is 1.97. The summed E-state index contributed by atoms with van der Waals surface area (Å²) < 4.78 is 35.7. The van der Waals surface area contributed by atoms with E-state index in [1.807, 2.05) is 13.8 Å². The Morgan fingerprint density at radius 3 is 2.58 bits per heavy atom. The molecule has 138 valence electrons. The van der Waals surface area contributed by atoms with Crippen molar-refractivity contribution in [1.29, 1.82) is 0 Å². The maximum atomic E-state index is 12.7. The minimum absolute atomic E-state index is 0.0507. The molecule has 0 saturated carbocycles. The summed E-state index contributed by atoms with van der Waals surface area (Å²) in [6.07, 6.45) is 0.664. The second-order valence-corrected chi connectivity index (χ2v) is 8.40. The van der Waals surface area contributed by atoms with Gasteiger partial charge in [-0.3, -0.25) is 14.1 Å². The van der Waals surface area contributed by atoms with Crippen LogP contribution < -0.4 is 14.3 Å². The van der Waals surface area contributed by atoms with Crippen LogP contribution in [0.4, 0.5) is 5.69 Å². The van der Waals surface area contributed by atoms with Gasteiger partial charge in [0.05, 0.1) is 27.9 Å². The number of sulfonamides is 1. The number of ether oxygens (including phenoxy) is 1. The summed E-state index contributed by atoms with van der Waals surface area (Å²) in [6.45, 7) is 4.42. The van der Waals surface area contributed by atoms with Crippen molar-refractivity contribution >= 4 is 37.3 Å². The topological polar surface area (TPSA) is 77.4 Å². The molecule has 0 aliphatic rings. The third kappa shape index (κ3) is 3.34. The number of thiazole rings is 1. The van der Waals surface area contributed by atoms with Crippen molar-refractivity contribution in [2.24, 2.45) is 0 Å². The van der Waals surface area contributed by atoms with Gasteiger partial charge in [-0.1, -0.05) is 18.3 Å². The van der Waals surface area contributed by atoms with Crippen molar-refractivity contribution in [3.63, 3.8) is 0 Å². The summed E-state index contributed by atoms with van der Waals surface area (Å²) in [7, 11) is -2.17. The zero-order valence-corrected chi connectivity index (χ0v) is 16.4. The quantitative estimate of drug-likeness (QED) is 0.697. The molecule has 0 bridgehead atoms. The molecule has 0 aliphatic heterocycles. The van der Waals surface area contributed by atoms with Crippen molar-refractivity contribution in [1.82, 2.24) is 4.57 Å². The van der Waals surface area contributed by atoms with Crippen LogP contribution in [0, 0.1) is 0 Å². The van der Waals surface area contributed by atoms with Crippen molar-refractivity contribution in [3.8, 4) is 5.75 Å². The van der Waals surface area contributed by atoms with E-state index in [1.165, 1.54) is 6.07 Å². The van der Waals surface area contributed by atoms with Crippen LogP contribution in [-0.2, 0) is 23.0 Å². The van der Waals surface area contributed by atoms with E-state index in [1.54, 1.807) is 42.0 Å².